The Kier molecular flexibility index (Phi) is 6.26. The van der Waals surface area contributed by atoms with Crippen molar-refractivity contribution in [2.75, 3.05) is 13.0 Å². The van der Waals surface area contributed by atoms with Crippen LogP contribution in [0.3, 0.4) is 0 Å². The molecule has 0 amide bonds. The van der Waals surface area contributed by atoms with E-state index in [0.717, 1.165) is 18.4 Å². The SMILES string of the molecule is COc1ccc(CC(CCCCl)NN)cc1F. The summed E-state index contributed by atoms with van der Waals surface area (Å²) < 4.78 is 18.3. The molecule has 0 aliphatic rings. The molecule has 17 heavy (non-hydrogen) atoms. The number of alkyl halides is 1. The Hall–Kier alpha value is -0.840. The molecule has 1 aromatic rings. The second-order valence-electron chi connectivity index (χ2n) is 3.87. The van der Waals surface area contributed by atoms with Crippen molar-refractivity contribution in [2.24, 2.45) is 5.84 Å². The maximum absolute atomic E-state index is 13.5. The highest BCUT2D eigenvalue weighted by Crippen LogP contribution is 2.19. The molecule has 0 radical (unpaired) electrons. The van der Waals surface area contributed by atoms with E-state index in [0.29, 0.717) is 12.3 Å². The number of benzene rings is 1. The van der Waals surface area contributed by atoms with E-state index in [9.17, 15) is 4.39 Å². The van der Waals surface area contributed by atoms with Gasteiger partial charge in [0.2, 0.25) is 0 Å². The molecule has 0 bridgehead atoms. The number of ether oxygens (including phenoxy) is 1. The first-order valence-electron chi connectivity index (χ1n) is 5.55. The van der Waals surface area contributed by atoms with E-state index in [4.69, 9.17) is 22.2 Å². The van der Waals surface area contributed by atoms with Gasteiger partial charge in [-0.25, -0.2) is 4.39 Å². The lowest BCUT2D eigenvalue weighted by Gasteiger charge is -2.15. The van der Waals surface area contributed by atoms with Crippen molar-refractivity contribution >= 4 is 11.6 Å². The second-order valence-corrected chi connectivity index (χ2v) is 4.25. The molecule has 0 heterocycles. The van der Waals surface area contributed by atoms with Crippen LogP contribution in [0.4, 0.5) is 4.39 Å². The quantitative estimate of drug-likeness (QED) is 0.449. The lowest BCUT2D eigenvalue weighted by molar-refractivity contribution is 0.385. The molecule has 0 saturated carbocycles. The first-order chi connectivity index (χ1) is 8.21. The van der Waals surface area contributed by atoms with Gasteiger partial charge >= 0.3 is 0 Å². The van der Waals surface area contributed by atoms with Gasteiger partial charge in [-0.3, -0.25) is 11.3 Å². The number of methoxy groups -OCH3 is 1. The van der Waals surface area contributed by atoms with Crippen LogP contribution in [0.1, 0.15) is 18.4 Å². The van der Waals surface area contributed by atoms with Crippen LogP contribution in [-0.2, 0) is 6.42 Å². The third kappa shape index (κ3) is 4.50. The van der Waals surface area contributed by atoms with Crippen LogP contribution in [0, 0.1) is 5.82 Å². The zero-order valence-corrected chi connectivity index (χ0v) is 10.6. The molecule has 1 aromatic carbocycles. The number of nitrogens with two attached hydrogens (primary N) is 1. The van der Waals surface area contributed by atoms with Gasteiger partial charge in [0, 0.05) is 11.9 Å². The zero-order valence-electron chi connectivity index (χ0n) is 9.88. The summed E-state index contributed by atoms with van der Waals surface area (Å²) in [4.78, 5) is 0. The number of nitrogens with one attached hydrogen (secondary N) is 1. The summed E-state index contributed by atoms with van der Waals surface area (Å²) in [5.74, 6) is 5.96. The molecule has 0 fully saturated rings. The third-order valence-corrected chi connectivity index (χ3v) is 2.89. The van der Waals surface area contributed by atoms with E-state index in [1.807, 2.05) is 6.07 Å². The van der Waals surface area contributed by atoms with Gasteiger partial charge in [-0.05, 0) is 37.0 Å². The fourth-order valence-electron chi connectivity index (χ4n) is 1.69. The van der Waals surface area contributed by atoms with Gasteiger partial charge in [0.25, 0.3) is 0 Å². The summed E-state index contributed by atoms with van der Waals surface area (Å²) >= 11 is 5.63. The third-order valence-electron chi connectivity index (χ3n) is 2.62. The van der Waals surface area contributed by atoms with Crippen molar-refractivity contribution < 1.29 is 9.13 Å². The van der Waals surface area contributed by atoms with Crippen LogP contribution < -0.4 is 16.0 Å². The summed E-state index contributed by atoms with van der Waals surface area (Å²) in [5, 5.41) is 0. The average Bonchev–Trinajstić information content (AvgIpc) is 2.34. The van der Waals surface area contributed by atoms with Crippen LogP contribution in [0.5, 0.6) is 5.75 Å². The molecule has 3 nitrogen and oxygen atoms in total. The van der Waals surface area contributed by atoms with E-state index < -0.39 is 0 Å². The Balaban J connectivity index is 2.63. The minimum atomic E-state index is -0.349. The summed E-state index contributed by atoms with van der Waals surface area (Å²) in [6, 6.07) is 5.05. The van der Waals surface area contributed by atoms with E-state index in [1.54, 1.807) is 6.07 Å². The Morgan fingerprint density at radius 3 is 2.82 bits per heavy atom. The molecule has 0 aliphatic carbocycles. The summed E-state index contributed by atoms with van der Waals surface area (Å²) in [7, 11) is 1.45. The fourth-order valence-corrected chi connectivity index (χ4v) is 1.84. The average molecular weight is 261 g/mol. The summed E-state index contributed by atoms with van der Waals surface area (Å²) in [6.45, 7) is 0. The van der Waals surface area contributed by atoms with Crippen molar-refractivity contribution in [2.45, 2.75) is 25.3 Å². The van der Waals surface area contributed by atoms with E-state index in [2.05, 4.69) is 5.43 Å². The molecule has 0 aromatic heterocycles. The van der Waals surface area contributed by atoms with E-state index in [1.165, 1.54) is 13.2 Å². The van der Waals surface area contributed by atoms with Crippen LogP contribution in [0.15, 0.2) is 18.2 Å². The van der Waals surface area contributed by atoms with E-state index >= 15 is 0 Å². The molecule has 5 heteroatoms. The molecular formula is C12H18ClFN2O. The standard InChI is InChI=1S/C12H18ClFN2O/c1-17-12-5-4-9(8-11(12)14)7-10(16-15)3-2-6-13/h4-5,8,10,16H,2-3,6-7,15H2,1H3. The molecule has 0 aliphatic heterocycles. The maximum atomic E-state index is 13.5. The highest BCUT2D eigenvalue weighted by Gasteiger charge is 2.09. The Labute approximate surface area is 106 Å². The number of halogens is 2. The number of hydrogen-bond acceptors (Lipinski definition) is 3. The van der Waals surface area contributed by atoms with Crippen molar-refractivity contribution in [3.05, 3.63) is 29.6 Å². The van der Waals surface area contributed by atoms with Crippen LogP contribution in [0.25, 0.3) is 0 Å². The topological polar surface area (TPSA) is 47.3 Å². The van der Waals surface area contributed by atoms with Crippen LogP contribution in [-0.4, -0.2) is 19.0 Å². The fraction of sp³-hybridized carbons (Fsp3) is 0.500. The smallest absolute Gasteiger partial charge is 0.165 e. The van der Waals surface area contributed by atoms with Crippen molar-refractivity contribution in [3.63, 3.8) is 0 Å². The van der Waals surface area contributed by atoms with Gasteiger partial charge in [-0.2, -0.15) is 0 Å². The summed E-state index contributed by atoms with van der Waals surface area (Å²) in [5.41, 5.74) is 3.61. The van der Waals surface area contributed by atoms with Crippen molar-refractivity contribution in [3.8, 4) is 5.75 Å². The highest BCUT2D eigenvalue weighted by molar-refractivity contribution is 6.17. The maximum Gasteiger partial charge on any atom is 0.165 e. The molecule has 1 rings (SSSR count). The molecule has 96 valence electrons. The van der Waals surface area contributed by atoms with Gasteiger partial charge in [0.05, 0.1) is 7.11 Å². The minimum Gasteiger partial charge on any atom is -0.494 e. The predicted molar refractivity (Wildman–Crippen MR) is 67.7 cm³/mol. The molecule has 0 spiro atoms. The van der Waals surface area contributed by atoms with Gasteiger partial charge in [0.1, 0.15) is 0 Å². The Morgan fingerprint density at radius 2 is 2.29 bits per heavy atom. The predicted octanol–water partition coefficient (Wildman–Crippen LogP) is 2.23. The lowest BCUT2D eigenvalue weighted by Crippen LogP contribution is -2.36. The number of hydrogen-bond donors (Lipinski definition) is 2. The van der Waals surface area contributed by atoms with Crippen molar-refractivity contribution in [1.82, 2.24) is 5.43 Å². The number of rotatable bonds is 7. The largest absolute Gasteiger partial charge is 0.494 e. The monoisotopic (exact) mass is 260 g/mol. The van der Waals surface area contributed by atoms with E-state index in [-0.39, 0.29) is 17.6 Å². The minimum absolute atomic E-state index is 0.113. The van der Waals surface area contributed by atoms with Gasteiger partial charge in [-0.1, -0.05) is 6.07 Å². The Bertz CT molecular complexity index is 349. The molecule has 0 saturated heterocycles. The second kappa shape index (κ2) is 7.48. The normalized spacial score (nSPS) is 12.5. The molecule has 1 atom stereocenters. The van der Waals surface area contributed by atoms with Crippen LogP contribution >= 0.6 is 11.6 Å². The van der Waals surface area contributed by atoms with Gasteiger partial charge < -0.3 is 4.74 Å². The summed E-state index contributed by atoms with van der Waals surface area (Å²) in [6.07, 6.45) is 2.43. The highest BCUT2D eigenvalue weighted by atomic mass is 35.5. The van der Waals surface area contributed by atoms with Crippen molar-refractivity contribution in [1.29, 1.82) is 0 Å². The van der Waals surface area contributed by atoms with Gasteiger partial charge in [0.15, 0.2) is 11.6 Å². The molecule has 3 N–H and O–H groups in total. The van der Waals surface area contributed by atoms with Crippen LogP contribution in [0.2, 0.25) is 0 Å². The van der Waals surface area contributed by atoms with Gasteiger partial charge in [-0.15, -0.1) is 11.6 Å². The Morgan fingerprint density at radius 1 is 1.53 bits per heavy atom. The molecule has 1 unspecified atom stereocenters. The molecular weight excluding hydrogens is 243 g/mol. The number of hydrazine groups is 1. The first kappa shape index (κ1) is 14.2. The zero-order chi connectivity index (χ0) is 12.7. The first-order valence-corrected chi connectivity index (χ1v) is 6.09. The lowest BCUT2D eigenvalue weighted by atomic mass is 10.0.